The van der Waals surface area contributed by atoms with Crippen LogP contribution in [0.4, 0.5) is 0 Å². The number of hydrogen-bond donors (Lipinski definition) is 2. The normalized spacial score (nSPS) is 13.4. The molecule has 0 aliphatic heterocycles. The highest BCUT2D eigenvalue weighted by molar-refractivity contribution is 5.85. The maximum Gasteiger partial charge on any atom is 0.0773 e. The Morgan fingerprint density at radius 1 is 1.05 bits per heavy atom. The number of rotatable bonds is 4. The molecule has 2 nitrogen and oxygen atoms in total. The lowest BCUT2D eigenvalue weighted by Gasteiger charge is -2.21. The number of benzene rings is 2. The van der Waals surface area contributed by atoms with Crippen molar-refractivity contribution < 1.29 is 5.11 Å². The van der Waals surface area contributed by atoms with Crippen molar-refractivity contribution in [3.8, 4) is 0 Å². The maximum absolute atomic E-state index is 10.3. The molecular formula is C17H22ClNO. The highest BCUT2D eigenvalue weighted by Crippen LogP contribution is 2.22. The van der Waals surface area contributed by atoms with Crippen LogP contribution in [0.15, 0.2) is 48.5 Å². The summed E-state index contributed by atoms with van der Waals surface area (Å²) in [5.41, 5.74) is 10.6. The largest absolute Gasteiger partial charge is 0.391 e. The first-order valence-corrected chi connectivity index (χ1v) is 6.62. The van der Waals surface area contributed by atoms with Crippen LogP contribution >= 0.6 is 12.4 Å². The quantitative estimate of drug-likeness (QED) is 0.908. The molecule has 0 fully saturated rings. The molecule has 2 aromatic carbocycles. The van der Waals surface area contributed by atoms with Gasteiger partial charge in [-0.2, -0.15) is 0 Å². The average molecular weight is 292 g/mol. The second kappa shape index (κ2) is 7.44. The van der Waals surface area contributed by atoms with Gasteiger partial charge in [0.15, 0.2) is 0 Å². The van der Waals surface area contributed by atoms with E-state index in [4.69, 9.17) is 5.73 Å². The van der Waals surface area contributed by atoms with Gasteiger partial charge in [-0.05, 0) is 30.5 Å². The highest BCUT2D eigenvalue weighted by atomic mass is 35.5. The lowest BCUT2D eigenvalue weighted by atomic mass is 9.93. The highest BCUT2D eigenvalue weighted by Gasteiger charge is 2.18. The zero-order valence-electron chi connectivity index (χ0n) is 11.9. The van der Waals surface area contributed by atoms with Gasteiger partial charge in [0.2, 0.25) is 0 Å². The van der Waals surface area contributed by atoms with Gasteiger partial charge >= 0.3 is 0 Å². The monoisotopic (exact) mass is 291 g/mol. The minimum atomic E-state index is -0.567. The van der Waals surface area contributed by atoms with E-state index in [1.165, 1.54) is 5.56 Å². The predicted octanol–water partition coefficient (Wildman–Crippen LogP) is 3.33. The van der Waals surface area contributed by atoms with E-state index in [9.17, 15) is 5.11 Å². The van der Waals surface area contributed by atoms with E-state index in [-0.39, 0.29) is 18.4 Å². The van der Waals surface area contributed by atoms with Gasteiger partial charge < -0.3 is 10.8 Å². The van der Waals surface area contributed by atoms with Crippen LogP contribution in [0.5, 0.6) is 0 Å². The first kappa shape index (κ1) is 16.7. The van der Waals surface area contributed by atoms with Crippen molar-refractivity contribution in [1.82, 2.24) is 0 Å². The molecule has 0 bridgehead atoms. The first-order valence-electron chi connectivity index (χ1n) is 6.62. The van der Waals surface area contributed by atoms with Gasteiger partial charge in [0.05, 0.1) is 12.1 Å². The lowest BCUT2D eigenvalue weighted by molar-refractivity contribution is 0.145. The minimum Gasteiger partial charge on any atom is -0.391 e. The van der Waals surface area contributed by atoms with Crippen LogP contribution in [0.25, 0.3) is 0 Å². The molecule has 0 aliphatic carbocycles. The minimum absolute atomic E-state index is 0. The lowest BCUT2D eigenvalue weighted by Crippen LogP contribution is -2.28. The van der Waals surface area contributed by atoms with Gasteiger partial charge in [0.25, 0.3) is 0 Å². The zero-order chi connectivity index (χ0) is 13.8. The summed E-state index contributed by atoms with van der Waals surface area (Å²) in [5.74, 6) is 0. The molecule has 0 saturated heterocycles. The summed E-state index contributed by atoms with van der Waals surface area (Å²) in [6.07, 6.45) is 0.0120. The Labute approximate surface area is 127 Å². The predicted molar refractivity (Wildman–Crippen MR) is 86.2 cm³/mol. The molecule has 0 radical (unpaired) electrons. The topological polar surface area (TPSA) is 46.2 Å². The Morgan fingerprint density at radius 2 is 1.70 bits per heavy atom. The maximum atomic E-state index is 10.3. The molecule has 0 unspecified atom stereocenters. The average Bonchev–Trinajstić information content (AvgIpc) is 2.42. The van der Waals surface area contributed by atoms with Gasteiger partial charge in [0.1, 0.15) is 0 Å². The molecule has 0 spiro atoms. The molecule has 0 aromatic heterocycles. The summed E-state index contributed by atoms with van der Waals surface area (Å²) in [6, 6.07) is 15.8. The number of hydrogen-bond acceptors (Lipinski definition) is 2. The molecule has 108 valence electrons. The fourth-order valence-electron chi connectivity index (χ4n) is 2.31. The number of aliphatic hydroxyl groups excluding tert-OH is 1. The molecule has 0 heterocycles. The van der Waals surface area contributed by atoms with E-state index in [1.807, 2.05) is 44.2 Å². The van der Waals surface area contributed by atoms with Crippen LogP contribution in [-0.2, 0) is 6.42 Å². The Balaban J connectivity index is 0.00000200. The molecule has 2 atom stereocenters. The Hall–Kier alpha value is -1.35. The number of aryl methyl sites for hydroxylation is 2. The Bertz CT molecular complexity index is 542. The fourth-order valence-corrected chi connectivity index (χ4v) is 2.31. The molecule has 3 heteroatoms. The summed E-state index contributed by atoms with van der Waals surface area (Å²) in [5, 5.41) is 10.3. The van der Waals surface area contributed by atoms with E-state index >= 15 is 0 Å². The fraction of sp³-hybridized carbons (Fsp3) is 0.294. The molecule has 3 N–H and O–H groups in total. The van der Waals surface area contributed by atoms with Crippen molar-refractivity contribution in [1.29, 1.82) is 0 Å². The Kier molecular flexibility index (Phi) is 6.21. The van der Waals surface area contributed by atoms with Gasteiger partial charge in [0, 0.05) is 6.42 Å². The third kappa shape index (κ3) is 4.07. The second-order valence-electron chi connectivity index (χ2n) is 5.14. The van der Waals surface area contributed by atoms with Crippen molar-refractivity contribution in [2.45, 2.75) is 32.4 Å². The third-order valence-corrected chi connectivity index (χ3v) is 3.50. The summed E-state index contributed by atoms with van der Waals surface area (Å²) in [7, 11) is 0. The molecule has 0 aliphatic rings. The SMILES string of the molecule is Cc1ccc(C)c([C@@H](N)[C@@H](O)Cc2ccccc2)c1.Cl. The summed E-state index contributed by atoms with van der Waals surface area (Å²) in [6.45, 7) is 4.07. The van der Waals surface area contributed by atoms with Crippen molar-refractivity contribution in [2.75, 3.05) is 0 Å². The second-order valence-corrected chi connectivity index (χ2v) is 5.14. The molecule has 2 rings (SSSR count). The van der Waals surface area contributed by atoms with Crippen LogP contribution in [0.3, 0.4) is 0 Å². The summed E-state index contributed by atoms with van der Waals surface area (Å²) >= 11 is 0. The smallest absolute Gasteiger partial charge is 0.0773 e. The number of halogens is 1. The van der Waals surface area contributed by atoms with Gasteiger partial charge in [-0.15, -0.1) is 12.4 Å². The number of nitrogens with two attached hydrogens (primary N) is 1. The molecule has 2 aromatic rings. The van der Waals surface area contributed by atoms with Crippen LogP contribution in [0.1, 0.15) is 28.3 Å². The number of aliphatic hydroxyl groups is 1. The Morgan fingerprint density at radius 3 is 2.35 bits per heavy atom. The standard InChI is InChI=1S/C17H21NO.ClH/c1-12-8-9-13(2)15(10-12)17(18)16(19)11-14-6-4-3-5-7-14;/h3-10,16-17,19H,11,18H2,1-2H3;1H/t16-,17+;/m0./s1. The van der Waals surface area contributed by atoms with Crippen molar-refractivity contribution >= 4 is 12.4 Å². The molecule has 20 heavy (non-hydrogen) atoms. The van der Waals surface area contributed by atoms with Crippen LogP contribution in [0, 0.1) is 13.8 Å². The van der Waals surface area contributed by atoms with Gasteiger partial charge in [-0.1, -0.05) is 54.1 Å². The van der Waals surface area contributed by atoms with E-state index in [0.29, 0.717) is 6.42 Å². The van der Waals surface area contributed by atoms with Crippen molar-refractivity contribution in [2.24, 2.45) is 5.73 Å². The summed E-state index contributed by atoms with van der Waals surface area (Å²) < 4.78 is 0. The van der Waals surface area contributed by atoms with Gasteiger partial charge in [-0.3, -0.25) is 0 Å². The molecule has 0 amide bonds. The van der Waals surface area contributed by atoms with Crippen LogP contribution in [0.2, 0.25) is 0 Å². The van der Waals surface area contributed by atoms with E-state index in [2.05, 4.69) is 18.2 Å². The van der Waals surface area contributed by atoms with Gasteiger partial charge in [-0.25, -0.2) is 0 Å². The van der Waals surface area contributed by atoms with Crippen molar-refractivity contribution in [3.05, 3.63) is 70.8 Å². The zero-order valence-corrected chi connectivity index (χ0v) is 12.7. The van der Waals surface area contributed by atoms with E-state index < -0.39 is 6.10 Å². The van der Waals surface area contributed by atoms with Crippen LogP contribution in [-0.4, -0.2) is 11.2 Å². The van der Waals surface area contributed by atoms with E-state index in [1.54, 1.807) is 0 Å². The first-order chi connectivity index (χ1) is 9.08. The molecule has 0 saturated carbocycles. The molecular weight excluding hydrogens is 270 g/mol. The van der Waals surface area contributed by atoms with Crippen LogP contribution < -0.4 is 5.73 Å². The third-order valence-electron chi connectivity index (χ3n) is 3.50. The summed E-state index contributed by atoms with van der Waals surface area (Å²) in [4.78, 5) is 0. The van der Waals surface area contributed by atoms with E-state index in [0.717, 1.165) is 16.7 Å². The van der Waals surface area contributed by atoms with Crippen molar-refractivity contribution in [3.63, 3.8) is 0 Å².